The van der Waals surface area contributed by atoms with Gasteiger partial charge in [-0.25, -0.2) is 4.79 Å². The van der Waals surface area contributed by atoms with Crippen molar-refractivity contribution in [3.05, 3.63) is 106 Å². The fourth-order valence-corrected chi connectivity index (χ4v) is 5.40. The number of benzene rings is 3. The monoisotopic (exact) mass is 586 g/mol. The van der Waals surface area contributed by atoms with Gasteiger partial charge in [-0.3, -0.25) is 9.59 Å². The predicted octanol–water partition coefficient (Wildman–Crippen LogP) is 8.32. The highest BCUT2D eigenvalue weighted by atomic mass is 35.5. The Morgan fingerprint density at radius 1 is 0.878 bits per heavy atom. The van der Waals surface area contributed by atoms with Crippen LogP contribution in [0, 0.1) is 0 Å². The largest absolute Gasteiger partial charge is 0.341 e. The molecule has 0 bridgehead atoms. The number of nitrogens with zero attached hydrogens (tertiary/aromatic N) is 2. The zero-order chi connectivity index (χ0) is 29.5. The summed E-state index contributed by atoms with van der Waals surface area (Å²) in [6.07, 6.45) is 4.02. The van der Waals surface area contributed by atoms with Crippen LogP contribution in [0.1, 0.15) is 60.4 Å². The Morgan fingerprint density at radius 2 is 1.51 bits per heavy atom. The molecular formula is C33H31ClN2O4S. The maximum atomic E-state index is 13.6. The molecule has 6 nitrogen and oxygen atoms in total. The first kappa shape index (κ1) is 30.0. The summed E-state index contributed by atoms with van der Waals surface area (Å²) in [4.78, 5) is 44.2. The van der Waals surface area contributed by atoms with Gasteiger partial charge in [-0.2, -0.15) is 0 Å². The third kappa shape index (κ3) is 7.23. The van der Waals surface area contributed by atoms with Crippen LogP contribution in [0.15, 0.2) is 94.0 Å². The molecule has 0 amide bonds. The summed E-state index contributed by atoms with van der Waals surface area (Å²) in [6, 6.07) is 20.4. The fourth-order valence-electron chi connectivity index (χ4n) is 4.56. The second-order valence-corrected chi connectivity index (χ2v) is 11.4. The van der Waals surface area contributed by atoms with Gasteiger partial charge in [-0.1, -0.05) is 53.2 Å². The maximum absolute atomic E-state index is 13.6. The van der Waals surface area contributed by atoms with Crippen molar-refractivity contribution < 1.29 is 19.2 Å². The van der Waals surface area contributed by atoms with E-state index in [4.69, 9.17) is 16.4 Å². The Morgan fingerprint density at radius 3 is 2.12 bits per heavy atom. The molecule has 8 heteroatoms. The minimum Gasteiger partial charge on any atom is -0.341 e. The van der Waals surface area contributed by atoms with Crippen LogP contribution in [-0.2, 0) is 16.2 Å². The van der Waals surface area contributed by atoms with Crippen LogP contribution in [0.5, 0.6) is 0 Å². The van der Waals surface area contributed by atoms with Gasteiger partial charge in [0.25, 0.3) is 0 Å². The van der Waals surface area contributed by atoms with Crippen LogP contribution >= 0.6 is 23.4 Å². The van der Waals surface area contributed by atoms with Crippen molar-refractivity contribution >= 4 is 68.4 Å². The molecule has 0 fully saturated rings. The highest BCUT2D eigenvalue weighted by molar-refractivity contribution is 8.03. The van der Waals surface area contributed by atoms with E-state index < -0.39 is 5.97 Å². The molecule has 4 rings (SSSR count). The zero-order valence-electron chi connectivity index (χ0n) is 23.4. The SMILES string of the molecule is CCn1c2ccc(C(=O)C(CCSC(C)=CC=C(C)Cl)=NOC(C)=O)cc2c2cc(C(=O)c3ccccc3)ccc21. The average Bonchev–Trinajstić information content (AvgIpc) is 3.29. The minimum atomic E-state index is -0.598. The van der Waals surface area contributed by atoms with Gasteiger partial charge in [0.15, 0.2) is 5.78 Å². The number of allylic oxidation sites excluding steroid dienone is 4. The van der Waals surface area contributed by atoms with Gasteiger partial charge in [-0.05, 0) is 68.2 Å². The van der Waals surface area contributed by atoms with Crippen LogP contribution < -0.4 is 0 Å². The van der Waals surface area contributed by atoms with E-state index >= 15 is 0 Å². The molecule has 1 aromatic heterocycles. The first-order valence-corrected chi connectivity index (χ1v) is 14.6. The lowest BCUT2D eigenvalue weighted by atomic mass is 9.99. The summed E-state index contributed by atoms with van der Waals surface area (Å²) in [6.45, 7) is 7.79. The first-order chi connectivity index (χ1) is 19.7. The number of carbonyl (C=O) groups excluding carboxylic acids is 3. The van der Waals surface area contributed by atoms with Crippen LogP contribution in [-0.4, -0.2) is 33.6 Å². The third-order valence-electron chi connectivity index (χ3n) is 6.50. The van der Waals surface area contributed by atoms with Crippen molar-refractivity contribution in [3.63, 3.8) is 0 Å². The van der Waals surface area contributed by atoms with E-state index in [0.29, 0.717) is 33.9 Å². The number of fused-ring (bicyclic) bond motifs is 3. The van der Waals surface area contributed by atoms with Gasteiger partial charge in [0.1, 0.15) is 5.71 Å². The maximum Gasteiger partial charge on any atom is 0.331 e. The number of aryl methyl sites for hydroxylation is 1. The van der Waals surface area contributed by atoms with Gasteiger partial charge in [0.2, 0.25) is 5.78 Å². The van der Waals surface area contributed by atoms with Gasteiger partial charge in [-0.15, -0.1) is 11.8 Å². The fraction of sp³-hybridized carbons (Fsp3) is 0.212. The number of carbonyl (C=O) groups is 3. The highest BCUT2D eigenvalue weighted by Crippen LogP contribution is 2.32. The Balaban J connectivity index is 1.70. The standard InChI is InChI=1S/C33H31ClN2O4S/c1-5-36-30-15-13-25(32(38)24-9-7-6-8-10-24)19-27(30)28-20-26(14-16-31(28)36)33(39)29(35-40-23(4)37)17-18-41-22(3)12-11-21(2)34/h6-16,19-20H,5,17-18H2,1-4H3. The molecule has 3 aromatic carbocycles. The molecule has 0 saturated heterocycles. The Labute approximate surface area is 248 Å². The number of thioether (sulfide) groups is 1. The van der Waals surface area contributed by atoms with Gasteiger partial charge in [0.05, 0.1) is 0 Å². The molecule has 1 heterocycles. The van der Waals surface area contributed by atoms with Crippen molar-refractivity contribution in [1.29, 1.82) is 0 Å². The van der Waals surface area contributed by atoms with Gasteiger partial charge < -0.3 is 9.40 Å². The van der Waals surface area contributed by atoms with Crippen LogP contribution in [0.25, 0.3) is 21.8 Å². The summed E-state index contributed by atoms with van der Waals surface area (Å²) < 4.78 is 2.16. The van der Waals surface area contributed by atoms with Crippen LogP contribution in [0.4, 0.5) is 0 Å². The van der Waals surface area contributed by atoms with Crippen LogP contribution in [0.2, 0.25) is 0 Å². The molecule has 4 aromatic rings. The van der Waals surface area contributed by atoms with Gasteiger partial charge in [0, 0.05) is 69.2 Å². The number of hydrogen-bond acceptors (Lipinski definition) is 6. The topological polar surface area (TPSA) is 77.7 Å². The third-order valence-corrected chi connectivity index (χ3v) is 7.63. The first-order valence-electron chi connectivity index (χ1n) is 13.3. The molecule has 0 saturated carbocycles. The van der Waals surface area contributed by atoms with E-state index in [1.807, 2.05) is 67.6 Å². The van der Waals surface area contributed by atoms with Crippen molar-refractivity contribution in [2.24, 2.45) is 5.16 Å². The molecule has 0 atom stereocenters. The van der Waals surface area contributed by atoms with E-state index in [1.54, 1.807) is 36.9 Å². The number of Topliss-reactive ketones (excluding diaryl/α,β-unsaturated/α-hetero) is 1. The average molecular weight is 587 g/mol. The Bertz CT molecular complexity index is 1710. The lowest BCUT2D eigenvalue weighted by molar-refractivity contribution is -0.140. The summed E-state index contributed by atoms with van der Waals surface area (Å²) in [7, 11) is 0. The second kappa shape index (κ2) is 13.6. The number of ketones is 2. The molecule has 0 unspecified atom stereocenters. The molecule has 0 radical (unpaired) electrons. The Kier molecular flexibility index (Phi) is 9.97. The normalized spacial score (nSPS) is 12.7. The summed E-state index contributed by atoms with van der Waals surface area (Å²) >= 11 is 7.46. The van der Waals surface area contributed by atoms with E-state index in [2.05, 4.69) is 16.6 Å². The number of rotatable bonds is 11. The molecule has 0 spiro atoms. The van der Waals surface area contributed by atoms with E-state index in [0.717, 1.165) is 33.3 Å². The van der Waals surface area contributed by atoms with E-state index in [-0.39, 0.29) is 17.3 Å². The molecule has 0 aliphatic rings. The molecule has 0 aliphatic carbocycles. The zero-order valence-corrected chi connectivity index (χ0v) is 25.0. The smallest absolute Gasteiger partial charge is 0.331 e. The van der Waals surface area contributed by atoms with Crippen molar-refractivity contribution in [1.82, 2.24) is 4.57 Å². The number of oxime groups is 1. The molecule has 0 aliphatic heterocycles. The number of hydrogen-bond donors (Lipinski definition) is 0. The molecule has 0 N–H and O–H groups in total. The molecule has 210 valence electrons. The van der Waals surface area contributed by atoms with Crippen molar-refractivity contribution in [2.75, 3.05) is 5.75 Å². The van der Waals surface area contributed by atoms with Crippen molar-refractivity contribution in [2.45, 2.75) is 40.7 Å². The quantitative estimate of drug-likeness (QED) is 0.0580. The lowest BCUT2D eigenvalue weighted by Crippen LogP contribution is -2.16. The summed E-state index contributed by atoms with van der Waals surface area (Å²) in [5, 5.41) is 6.33. The van der Waals surface area contributed by atoms with Crippen LogP contribution in [0.3, 0.4) is 0 Å². The number of aromatic nitrogens is 1. The van der Waals surface area contributed by atoms with E-state index in [1.165, 1.54) is 6.92 Å². The second-order valence-electron chi connectivity index (χ2n) is 9.48. The Hall–Kier alpha value is -3.94. The predicted molar refractivity (Wildman–Crippen MR) is 169 cm³/mol. The molecular weight excluding hydrogens is 556 g/mol. The van der Waals surface area contributed by atoms with Gasteiger partial charge >= 0.3 is 5.97 Å². The lowest BCUT2D eigenvalue weighted by Gasteiger charge is -2.07. The molecule has 41 heavy (non-hydrogen) atoms. The highest BCUT2D eigenvalue weighted by Gasteiger charge is 2.19. The summed E-state index contributed by atoms with van der Waals surface area (Å²) in [5.41, 5.74) is 3.71. The minimum absolute atomic E-state index is 0.0635. The summed E-state index contributed by atoms with van der Waals surface area (Å²) in [5.74, 6) is -0.419. The van der Waals surface area contributed by atoms with E-state index in [9.17, 15) is 14.4 Å². The van der Waals surface area contributed by atoms with Crippen molar-refractivity contribution in [3.8, 4) is 0 Å². The number of halogens is 1.